The highest BCUT2D eigenvalue weighted by Crippen LogP contribution is 2.22. The van der Waals surface area contributed by atoms with Gasteiger partial charge in [0.2, 0.25) is 0 Å². The number of morpholine rings is 1. The summed E-state index contributed by atoms with van der Waals surface area (Å²) in [5, 5.41) is 2.68. The summed E-state index contributed by atoms with van der Waals surface area (Å²) in [6, 6.07) is 7.45. The highest BCUT2D eigenvalue weighted by Gasteiger charge is 2.30. The number of esters is 1. The third-order valence-electron chi connectivity index (χ3n) is 4.67. The van der Waals surface area contributed by atoms with E-state index >= 15 is 0 Å². The second-order valence-electron chi connectivity index (χ2n) is 6.83. The molecule has 2 heterocycles. The van der Waals surface area contributed by atoms with E-state index in [2.05, 4.69) is 10.2 Å². The average molecular weight is 396 g/mol. The number of nitrogens with zero attached hydrogens (tertiary/aromatic N) is 1. The van der Waals surface area contributed by atoms with Crippen LogP contribution in [0.25, 0.3) is 0 Å². The highest BCUT2D eigenvalue weighted by atomic mass is 32.2. The standard InChI is InChI=1S/C18H24N2O6S/c21-17(12-26-18(22)11-14-5-10-27(23,24)13-14)19-15-1-3-16(4-2-15)20-6-8-25-9-7-20/h1-4,14H,5-13H2,(H,19,21)/t14-/m0/s1. The third-order valence-corrected chi connectivity index (χ3v) is 6.51. The van der Waals surface area contributed by atoms with Crippen molar-refractivity contribution in [1.29, 1.82) is 0 Å². The maximum atomic E-state index is 11.9. The van der Waals surface area contributed by atoms with E-state index in [1.807, 2.05) is 12.1 Å². The summed E-state index contributed by atoms with van der Waals surface area (Å²) in [6.07, 6.45) is 0.500. The van der Waals surface area contributed by atoms with E-state index in [0.717, 1.165) is 18.8 Å². The summed E-state index contributed by atoms with van der Waals surface area (Å²) in [7, 11) is -3.02. The van der Waals surface area contributed by atoms with Gasteiger partial charge < -0.3 is 19.7 Å². The molecule has 0 spiro atoms. The number of ether oxygens (including phenoxy) is 2. The van der Waals surface area contributed by atoms with E-state index in [-0.39, 0.29) is 30.5 Å². The summed E-state index contributed by atoms with van der Waals surface area (Å²) in [5.74, 6) is -1.05. The van der Waals surface area contributed by atoms with Crippen molar-refractivity contribution >= 4 is 33.1 Å². The Labute approximate surface area is 158 Å². The van der Waals surface area contributed by atoms with Crippen LogP contribution < -0.4 is 10.2 Å². The Morgan fingerprint density at radius 1 is 1.19 bits per heavy atom. The van der Waals surface area contributed by atoms with Crippen LogP contribution in [0.5, 0.6) is 0 Å². The minimum absolute atomic E-state index is 0.0176. The quantitative estimate of drug-likeness (QED) is 0.711. The molecule has 1 aromatic rings. The molecule has 1 amide bonds. The van der Waals surface area contributed by atoms with Crippen molar-refractivity contribution in [2.45, 2.75) is 12.8 Å². The number of sulfone groups is 1. The molecule has 1 aromatic carbocycles. The molecule has 0 aliphatic carbocycles. The van der Waals surface area contributed by atoms with Crippen LogP contribution in [0.15, 0.2) is 24.3 Å². The molecular formula is C18H24N2O6S. The van der Waals surface area contributed by atoms with Gasteiger partial charge in [0.05, 0.1) is 24.7 Å². The number of benzene rings is 1. The topological polar surface area (TPSA) is 102 Å². The molecule has 27 heavy (non-hydrogen) atoms. The van der Waals surface area contributed by atoms with Gasteiger partial charge in [-0.25, -0.2) is 8.42 Å². The predicted molar refractivity (Wildman–Crippen MR) is 100 cm³/mol. The van der Waals surface area contributed by atoms with E-state index in [1.165, 1.54) is 0 Å². The number of hydrogen-bond donors (Lipinski definition) is 1. The Hall–Kier alpha value is -2.13. The van der Waals surface area contributed by atoms with Gasteiger partial charge in [0.1, 0.15) is 0 Å². The fraction of sp³-hybridized carbons (Fsp3) is 0.556. The lowest BCUT2D eigenvalue weighted by Crippen LogP contribution is -2.36. The normalized spacial score (nSPS) is 21.6. The molecule has 0 saturated carbocycles. The summed E-state index contributed by atoms with van der Waals surface area (Å²) in [4.78, 5) is 25.9. The van der Waals surface area contributed by atoms with Gasteiger partial charge in [-0.05, 0) is 36.6 Å². The second kappa shape index (κ2) is 8.71. The van der Waals surface area contributed by atoms with Crippen molar-refractivity contribution < 1.29 is 27.5 Å². The maximum Gasteiger partial charge on any atom is 0.306 e. The number of hydrogen-bond acceptors (Lipinski definition) is 7. The van der Waals surface area contributed by atoms with Gasteiger partial charge in [-0.2, -0.15) is 0 Å². The molecule has 2 saturated heterocycles. The van der Waals surface area contributed by atoms with Crippen LogP contribution in [0.2, 0.25) is 0 Å². The number of nitrogens with one attached hydrogen (secondary N) is 1. The van der Waals surface area contributed by atoms with E-state index in [4.69, 9.17) is 9.47 Å². The minimum atomic E-state index is -3.02. The smallest absolute Gasteiger partial charge is 0.306 e. The summed E-state index contributed by atoms with van der Waals surface area (Å²) >= 11 is 0. The lowest BCUT2D eigenvalue weighted by atomic mass is 10.1. The fourth-order valence-corrected chi connectivity index (χ4v) is 5.11. The Kier molecular flexibility index (Phi) is 6.33. The SMILES string of the molecule is O=C(COC(=O)C[C@@H]1CCS(=O)(=O)C1)Nc1ccc(N2CCOCC2)cc1. The molecule has 148 valence electrons. The van der Waals surface area contributed by atoms with Gasteiger partial charge in [0, 0.05) is 30.9 Å². The molecule has 3 rings (SSSR count). The number of carbonyl (C=O) groups excluding carboxylic acids is 2. The number of amides is 1. The molecule has 0 aromatic heterocycles. The highest BCUT2D eigenvalue weighted by molar-refractivity contribution is 7.91. The lowest BCUT2D eigenvalue weighted by molar-refractivity contribution is -0.148. The van der Waals surface area contributed by atoms with Gasteiger partial charge in [-0.1, -0.05) is 0 Å². The van der Waals surface area contributed by atoms with Crippen LogP contribution in [-0.2, 0) is 28.9 Å². The predicted octanol–water partition coefficient (Wildman–Crippen LogP) is 0.830. The first-order valence-electron chi connectivity index (χ1n) is 9.00. The van der Waals surface area contributed by atoms with E-state index in [0.29, 0.717) is 25.3 Å². The van der Waals surface area contributed by atoms with E-state index < -0.39 is 21.7 Å². The fourth-order valence-electron chi connectivity index (χ4n) is 3.25. The first-order valence-corrected chi connectivity index (χ1v) is 10.8. The largest absolute Gasteiger partial charge is 0.456 e. The molecule has 8 nitrogen and oxygen atoms in total. The van der Waals surface area contributed by atoms with Crippen molar-refractivity contribution in [2.75, 3.05) is 54.6 Å². The number of carbonyl (C=O) groups is 2. The molecule has 0 bridgehead atoms. The van der Waals surface area contributed by atoms with Crippen molar-refractivity contribution in [1.82, 2.24) is 0 Å². The zero-order valence-electron chi connectivity index (χ0n) is 15.1. The molecule has 9 heteroatoms. The van der Waals surface area contributed by atoms with Crippen LogP contribution in [0.4, 0.5) is 11.4 Å². The molecule has 2 aliphatic heterocycles. The molecule has 1 N–H and O–H groups in total. The summed E-state index contributed by atoms with van der Waals surface area (Å²) < 4.78 is 33.1. The monoisotopic (exact) mass is 396 g/mol. The Morgan fingerprint density at radius 3 is 2.52 bits per heavy atom. The molecule has 2 aliphatic rings. The summed E-state index contributed by atoms with van der Waals surface area (Å²) in [6.45, 7) is 2.70. The van der Waals surface area contributed by atoms with Crippen LogP contribution >= 0.6 is 0 Å². The Bertz CT molecular complexity index is 772. The molecule has 2 fully saturated rings. The molecular weight excluding hydrogens is 372 g/mol. The van der Waals surface area contributed by atoms with Gasteiger partial charge in [0.25, 0.3) is 5.91 Å². The zero-order valence-corrected chi connectivity index (χ0v) is 15.9. The third kappa shape index (κ3) is 5.93. The van der Waals surface area contributed by atoms with Crippen LogP contribution in [0, 0.1) is 5.92 Å². The summed E-state index contributed by atoms with van der Waals surface area (Å²) in [5.41, 5.74) is 1.68. The molecule has 0 radical (unpaired) electrons. The van der Waals surface area contributed by atoms with Crippen LogP contribution in [-0.4, -0.2) is 64.7 Å². The van der Waals surface area contributed by atoms with Gasteiger partial charge in [-0.3, -0.25) is 9.59 Å². The first kappa shape index (κ1) is 19.6. The number of anilines is 2. The van der Waals surface area contributed by atoms with Crippen molar-refractivity contribution in [3.63, 3.8) is 0 Å². The minimum Gasteiger partial charge on any atom is -0.456 e. The first-order chi connectivity index (χ1) is 12.9. The number of rotatable bonds is 6. The maximum absolute atomic E-state index is 11.9. The van der Waals surface area contributed by atoms with Gasteiger partial charge in [-0.15, -0.1) is 0 Å². The van der Waals surface area contributed by atoms with Crippen molar-refractivity contribution in [3.05, 3.63) is 24.3 Å². The van der Waals surface area contributed by atoms with Crippen LogP contribution in [0.3, 0.4) is 0 Å². The lowest BCUT2D eigenvalue weighted by Gasteiger charge is -2.28. The van der Waals surface area contributed by atoms with Gasteiger partial charge in [0.15, 0.2) is 16.4 Å². The zero-order chi connectivity index (χ0) is 19.3. The molecule has 1 atom stereocenters. The van der Waals surface area contributed by atoms with Crippen molar-refractivity contribution in [3.8, 4) is 0 Å². The Balaban J connectivity index is 1.40. The molecule has 0 unspecified atom stereocenters. The van der Waals surface area contributed by atoms with Gasteiger partial charge >= 0.3 is 5.97 Å². The Morgan fingerprint density at radius 2 is 1.89 bits per heavy atom. The van der Waals surface area contributed by atoms with E-state index in [1.54, 1.807) is 12.1 Å². The van der Waals surface area contributed by atoms with E-state index in [9.17, 15) is 18.0 Å². The second-order valence-corrected chi connectivity index (χ2v) is 9.06. The van der Waals surface area contributed by atoms with Crippen molar-refractivity contribution in [2.24, 2.45) is 5.92 Å². The van der Waals surface area contributed by atoms with Crippen LogP contribution in [0.1, 0.15) is 12.8 Å². The average Bonchev–Trinajstić information content (AvgIpc) is 3.00.